The van der Waals surface area contributed by atoms with Gasteiger partial charge in [-0.1, -0.05) is 54.1 Å². The topological polar surface area (TPSA) is 131 Å². The Labute approximate surface area is 256 Å². The molecule has 0 spiro atoms. The predicted octanol–water partition coefficient (Wildman–Crippen LogP) is 3.37. The fourth-order valence-electron chi connectivity index (χ4n) is 4.30. The molecule has 4 N–H and O–H groups in total. The highest BCUT2D eigenvalue weighted by molar-refractivity contribution is 7.99. The van der Waals surface area contributed by atoms with Crippen LogP contribution in [0.3, 0.4) is 0 Å². The van der Waals surface area contributed by atoms with E-state index in [4.69, 9.17) is 22.1 Å². The van der Waals surface area contributed by atoms with Crippen molar-refractivity contribution in [2.45, 2.75) is 44.5 Å². The van der Waals surface area contributed by atoms with E-state index in [1.165, 1.54) is 43.0 Å². The number of nitrogens with one attached hydrogen (secondary N) is 2. The number of amides is 2. The molecule has 2 amide bonds. The van der Waals surface area contributed by atoms with Gasteiger partial charge in [0.25, 0.3) is 0 Å². The fourth-order valence-corrected chi connectivity index (χ4v) is 6.30. The first-order valence-corrected chi connectivity index (χ1v) is 14.8. The van der Waals surface area contributed by atoms with Crippen LogP contribution in [0.2, 0.25) is 5.02 Å². The molecule has 0 unspecified atom stereocenters. The maximum atomic E-state index is 14.4. The van der Waals surface area contributed by atoms with E-state index in [-0.39, 0.29) is 48.2 Å². The Morgan fingerprint density at radius 2 is 1.71 bits per heavy atom. The molecule has 0 saturated carbocycles. The van der Waals surface area contributed by atoms with Gasteiger partial charge < -0.3 is 20.7 Å². The van der Waals surface area contributed by atoms with E-state index in [0.29, 0.717) is 5.02 Å². The second kappa shape index (κ2) is 14.7. The zero-order valence-corrected chi connectivity index (χ0v) is 25.9. The van der Waals surface area contributed by atoms with Crippen molar-refractivity contribution < 1.29 is 31.5 Å². The molecule has 0 bridgehead atoms. The summed E-state index contributed by atoms with van der Waals surface area (Å²) in [6.07, 6.45) is 0. The molecular weight excluding hydrogens is 613 g/mol. The normalized spacial score (nSPS) is 16.5. The van der Waals surface area contributed by atoms with Gasteiger partial charge in [-0.3, -0.25) is 9.59 Å². The summed E-state index contributed by atoms with van der Waals surface area (Å²) in [6, 6.07) is 13.7. The van der Waals surface area contributed by atoms with Crippen LogP contribution in [0.1, 0.15) is 31.9 Å². The molecule has 1 aliphatic rings. The van der Waals surface area contributed by atoms with Crippen LogP contribution in [0.25, 0.3) is 4.91 Å². The van der Waals surface area contributed by atoms with Crippen LogP contribution in [0.15, 0.2) is 60.2 Å². The van der Waals surface area contributed by atoms with E-state index in [1.807, 2.05) is 30.3 Å². The lowest BCUT2D eigenvalue weighted by molar-refractivity contribution is -0.139. The average Bonchev–Trinajstić information content (AvgIpc) is 3.17. The van der Waals surface area contributed by atoms with E-state index < -0.39 is 58.9 Å². The molecule has 0 aromatic heterocycles. The van der Waals surface area contributed by atoms with Gasteiger partial charge in [0.1, 0.15) is 24.9 Å². The molecule has 1 atom stereocenters. The molecule has 232 valence electrons. The number of sulfonamides is 1. The zero-order valence-electron chi connectivity index (χ0n) is 23.5. The Bertz CT molecular complexity index is 1370. The van der Waals surface area contributed by atoms with Crippen molar-refractivity contribution in [2.75, 3.05) is 33.0 Å². The first-order chi connectivity index (χ1) is 19.3. The van der Waals surface area contributed by atoms with Crippen molar-refractivity contribution in [3.8, 4) is 0 Å². The molecular formula is C28H36Cl2F2N4O5S. The van der Waals surface area contributed by atoms with E-state index in [9.17, 15) is 26.8 Å². The van der Waals surface area contributed by atoms with Crippen molar-refractivity contribution >= 4 is 50.8 Å². The van der Waals surface area contributed by atoms with Gasteiger partial charge in [0.05, 0.1) is 23.7 Å². The molecule has 1 heterocycles. The van der Waals surface area contributed by atoms with Crippen LogP contribution in [0.4, 0.5) is 8.78 Å². The largest absolute Gasteiger partial charge is 0.374 e. The highest BCUT2D eigenvalue weighted by Crippen LogP contribution is 2.39. The third kappa shape index (κ3) is 8.27. The Morgan fingerprint density at radius 3 is 2.24 bits per heavy atom. The first kappa shape index (κ1) is 35.6. The Kier molecular flexibility index (Phi) is 12.5. The summed E-state index contributed by atoms with van der Waals surface area (Å²) in [6.45, 7) is 1.31. The molecule has 1 aliphatic heterocycles. The SMILES string of the molecule is CCN(CC1=C(c2ccc(Cl)cc2)S(=O)(=O)NC1(CF)CF)C(=O)[C@@H](COCc1ccccc1)NC(=O)C(C)(C)N.Cl. The van der Waals surface area contributed by atoms with Crippen molar-refractivity contribution in [2.24, 2.45) is 5.73 Å². The van der Waals surface area contributed by atoms with Crippen molar-refractivity contribution in [1.82, 2.24) is 14.9 Å². The van der Waals surface area contributed by atoms with Crippen LogP contribution in [-0.2, 0) is 31.0 Å². The lowest BCUT2D eigenvalue weighted by atomic mass is 9.90. The standard InChI is InChI=1S/C28H35ClF2N4O5S.ClH/c1-4-35(25(36)23(33-26(37)27(2,3)32)16-40-15-19-8-6-5-7-9-19)14-22-24(20-10-12-21(29)13-11-20)41(38,39)34-28(22,17-30)18-31;/h5-13,23,34H,4,14-18,32H2,1-3H3,(H,33,37);1H/t23-;/m1./s1. The maximum absolute atomic E-state index is 14.4. The number of rotatable bonds is 13. The molecule has 14 heteroatoms. The van der Waals surface area contributed by atoms with E-state index in [1.54, 1.807) is 6.92 Å². The van der Waals surface area contributed by atoms with Crippen LogP contribution in [0, 0.1) is 0 Å². The van der Waals surface area contributed by atoms with Crippen LogP contribution >= 0.6 is 24.0 Å². The summed E-state index contributed by atoms with van der Waals surface area (Å²) in [5.74, 6) is -1.26. The molecule has 0 saturated heterocycles. The number of hydrogen-bond donors (Lipinski definition) is 3. The van der Waals surface area contributed by atoms with Crippen LogP contribution in [0.5, 0.6) is 0 Å². The number of likely N-dealkylation sites (N-methyl/N-ethyl adjacent to an activating group) is 1. The minimum Gasteiger partial charge on any atom is -0.374 e. The second-order valence-corrected chi connectivity index (χ2v) is 12.4. The second-order valence-electron chi connectivity index (χ2n) is 10.4. The summed E-state index contributed by atoms with van der Waals surface area (Å²) in [7, 11) is -4.36. The van der Waals surface area contributed by atoms with Crippen molar-refractivity contribution in [1.29, 1.82) is 0 Å². The number of nitrogens with two attached hydrogens (primary N) is 1. The number of ether oxygens (including phenoxy) is 1. The highest BCUT2D eigenvalue weighted by atomic mass is 35.5. The van der Waals surface area contributed by atoms with Gasteiger partial charge in [-0.2, -0.15) is 4.72 Å². The Hall–Kier alpha value is -2.61. The van der Waals surface area contributed by atoms with Crippen molar-refractivity contribution in [3.63, 3.8) is 0 Å². The molecule has 0 fully saturated rings. The lowest BCUT2D eigenvalue weighted by Crippen LogP contribution is -2.58. The molecule has 3 rings (SSSR count). The first-order valence-electron chi connectivity index (χ1n) is 12.9. The smallest absolute Gasteiger partial charge is 0.247 e. The van der Waals surface area contributed by atoms with Gasteiger partial charge >= 0.3 is 0 Å². The quantitative estimate of drug-likeness (QED) is 0.305. The predicted molar refractivity (Wildman–Crippen MR) is 161 cm³/mol. The number of carbonyl (C=O) groups excluding carboxylic acids is 2. The summed E-state index contributed by atoms with van der Waals surface area (Å²) >= 11 is 5.96. The maximum Gasteiger partial charge on any atom is 0.247 e. The molecule has 42 heavy (non-hydrogen) atoms. The van der Waals surface area contributed by atoms with E-state index in [2.05, 4.69) is 10.0 Å². The minimum absolute atomic E-state index is 0. The highest BCUT2D eigenvalue weighted by Gasteiger charge is 2.50. The molecule has 2 aromatic rings. The molecule has 2 aromatic carbocycles. The van der Waals surface area contributed by atoms with E-state index in [0.717, 1.165) is 5.56 Å². The number of nitrogens with zero attached hydrogens (tertiary/aromatic N) is 1. The number of hydrogen-bond acceptors (Lipinski definition) is 6. The third-order valence-electron chi connectivity index (χ3n) is 6.64. The Morgan fingerprint density at radius 1 is 1.12 bits per heavy atom. The van der Waals surface area contributed by atoms with Crippen LogP contribution in [-0.4, -0.2) is 75.3 Å². The third-order valence-corrected chi connectivity index (χ3v) is 8.57. The molecule has 9 nitrogen and oxygen atoms in total. The number of benzene rings is 2. The number of halogens is 4. The minimum atomic E-state index is -4.36. The molecule has 0 radical (unpaired) electrons. The zero-order chi connectivity index (χ0) is 30.4. The van der Waals surface area contributed by atoms with Gasteiger partial charge in [0.2, 0.25) is 21.8 Å². The fraction of sp³-hybridized carbons (Fsp3) is 0.429. The average molecular weight is 650 g/mol. The monoisotopic (exact) mass is 648 g/mol. The number of carbonyl (C=O) groups is 2. The van der Waals surface area contributed by atoms with Gasteiger partial charge in [0.15, 0.2) is 0 Å². The summed E-state index contributed by atoms with van der Waals surface area (Å²) in [4.78, 5) is 27.4. The van der Waals surface area contributed by atoms with Crippen molar-refractivity contribution in [3.05, 3.63) is 76.3 Å². The van der Waals surface area contributed by atoms with Crippen LogP contribution < -0.4 is 15.8 Å². The van der Waals surface area contributed by atoms with Gasteiger partial charge in [0, 0.05) is 18.1 Å². The van der Waals surface area contributed by atoms with Gasteiger partial charge in [-0.25, -0.2) is 17.2 Å². The lowest BCUT2D eigenvalue weighted by Gasteiger charge is -2.32. The summed E-state index contributed by atoms with van der Waals surface area (Å²) in [5.41, 5.74) is 3.25. The van der Waals surface area contributed by atoms with E-state index >= 15 is 0 Å². The number of alkyl halides is 2. The Balaban J connectivity index is 0.00000616. The van der Waals surface area contributed by atoms with Gasteiger partial charge in [-0.05, 0) is 49.6 Å². The summed E-state index contributed by atoms with van der Waals surface area (Å²) < 4.78 is 63.1. The molecule has 0 aliphatic carbocycles. The van der Waals surface area contributed by atoms with Gasteiger partial charge in [-0.15, -0.1) is 12.4 Å². The summed E-state index contributed by atoms with van der Waals surface area (Å²) in [5, 5.41) is 2.94.